The van der Waals surface area contributed by atoms with Crippen LogP contribution in [-0.4, -0.2) is 57.0 Å². The first-order chi connectivity index (χ1) is 13.5. The van der Waals surface area contributed by atoms with Crippen molar-refractivity contribution in [3.05, 3.63) is 53.0 Å². The van der Waals surface area contributed by atoms with Crippen LogP contribution in [0.4, 0.5) is 5.82 Å². The number of amides is 1. The van der Waals surface area contributed by atoms with Gasteiger partial charge in [0.2, 0.25) is 0 Å². The molecule has 1 N–H and O–H groups in total. The van der Waals surface area contributed by atoms with Crippen molar-refractivity contribution >= 4 is 22.6 Å². The van der Waals surface area contributed by atoms with E-state index < -0.39 is 0 Å². The SMILES string of the molecule is CN(CC1CCN(c2ccncn2)CC1)C(=O)c1cn(C)c(=O)c2[nH]ccc12. The number of nitrogens with one attached hydrogen (secondary N) is 1. The molecule has 0 spiro atoms. The van der Waals surface area contributed by atoms with Gasteiger partial charge in [-0.3, -0.25) is 9.59 Å². The molecule has 0 saturated carbocycles. The van der Waals surface area contributed by atoms with Gasteiger partial charge in [-0.05, 0) is 30.9 Å². The average molecular weight is 380 g/mol. The number of carbonyl (C=O) groups is 1. The molecular formula is C20H24N6O2. The molecule has 0 aromatic carbocycles. The molecule has 8 nitrogen and oxygen atoms in total. The Morgan fingerprint density at radius 2 is 2.11 bits per heavy atom. The Labute approximate surface area is 162 Å². The highest BCUT2D eigenvalue weighted by Crippen LogP contribution is 2.23. The van der Waals surface area contributed by atoms with E-state index in [2.05, 4.69) is 19.9 Å². The number of hydrogen-bond donors (Lipinski definition) is 1. The molecule has 0 radical (unpaired) electrons. The molecule has 1 amide bonds. The lowest BCUT2D eigenvalue weighted by Crippen LogP contribution is -2.40. The van der Waals surface area contributed by atoms with E-state index in [9.17, 15) is 9.59 Å². The third kappa shape index (κ3) is 3.37. The van der Waals surface area contributed by atoms with Crippen LogP contribution < -0.4 is 10.5 Å². The second-order valence-corrected chi connectivity index (χ2v) is 7.41. The van der Waals surface area contributed by atoms with E-state index in [0.29, 0.717) is 28.9 Å². The fourth-order valence-corrected chi connectivity index (χ4v) is 3.93. The molecule has 4 heterocycles. The number of aromatic amines is 1. The fourth-order valence-electron chi connectivity index (χ4n) is 3.93. The molecule has 8 heteroatoms. The molecule has 1 fully saturated rings. The third-order valence-corrected chi connectivity index (χ3v) is 5.51. The summed E-state index contributed by atoms with van der Waals surface area (Å²) in [5.41, 5.74) is 0.899. The summed E-state index contributed by atoms with van der Waals surface area (Å²) in [6, 6.07) is 3.72. The second-order valence-electron chi connectivity index (χ2n) is 7.41. The summed E-state index contributed by atoms with van der Waals surface area (Å²) >= 11 is 0. The van der Waals surface area contributed by atoms with E-state index in [1.807, 2.05) is 13.1 Å². The molecule has 0 unspecified atom stereocenters. The zero-order valence-corrected chi connectivity index (χ0v) is 16.1. The van der Waals surface area contributed by atoms with E-state index in [1.165, 1.54) is 4.57 Å². The standard InChI is InChI=1S/C20H24N6O2/c1-24(11-14-5-9-26(10-6-14)17-4-7-21-13-23-17)19(27)16-12-25(2)20(28)18-15(16)3-8-22-18/h3-4,7-8,12-14,22H,5-6,9-11H2,1-2H3. The number of hydrogen-bond acceptors (Lipinski definition) is 5. The van der Waals surface area contributed by atoms with Crippen LogP contribution >= 0.6 is 0 Å². The van der Waals surface area contributed by atoms with Gasteiger partial charge >= 0.3 is 0 Å². The number of nitrogens with zero attached hydrogens (tertiary/aromatic N) is 5. The van der Waals surface area contributed by atoms with Crippen LogP contribution in [0, 0.1) is 5.92 Å². The van der Waals surface area contributed by atoms with E-state index in [-0.39, 0.29) is 11.5 Å². The number of carbonyl (C=O) groups excluding carboxylic acids is 1. The van der Waals surface area contributed by atoms with Crippen molar-refractivity contribution < 1.29 is 4.79 Å². The Hall–Kier alpha value is -3.16. The summed E-state index contributed by atoms with van der Waals surface area (Å²) < 4.78 is 1.46. The van der Waals surface area contributed by atoms with Gasteiger partial charge in [0.1, 0.15) is 17.7 Å². The number of fused-ring (bicyclic) bond motifs is 1. The third-order valence-electron chi connectivity index (χ3n) is 5.51. The minimum absolute atomic E-state index is 0.0570. The van der Waals surface area contributed by atoms with Gasteiger partial charge in [-0.1, -0.05) is 0 Å². The number of H-pyrrole nitrogens is 1. The fraction of sp³-hybridized carbons (Fsp3) is 0.400. The summed E-state index contributed by atoms with van der Waals surface area (Å²) in [5, 5.41) is 0.679. The molecule has 3 aromatic heterocycles. The number of aryl methyl sites for hydroxylation is 1. The number of rotatable bonds is 4. The van der Waals surface area contributed by atoms with Crippen molar-refractivity contribution in [1.82, 2.24) is 24.4 Å². The Morgan fingerprint density at radius 3 is 2.82 bits per heavy atom. The molecule has 0 atom stereocenters. The number of aromatic nitrogens is 4. The maximum absolute atomic E-state index is 13.0. The number of anilines is 1. The molecule has 1 aliphatic rings. The molecule has 1 aliphatic heterocycles. The topological polar surface area (TPSA) is 87.1 Å². The van der Waals surface area contributed by atoms with Crippen molar-refractivity contribution in [1.29, 1.82) is 0 Å². The van der Waals surface area contributed by atoms with Crippen LogP contribution in [0.2, 0.25) is 0 Å². The van der Waals surface area contributed by atoms with Gasteiger partial charge < -0.3 is 19.4 Å². The number of piperidine rings is 1. The van der Waals surface area contributed by atoms with Crippen LogP contribution in [0.15, 0.2) is 41.8 Å². The van der Waals surface area contributed by atoms with Gasteiger partial charge in [-0.25, -0.2) is 9.97 Å². The summed E-state index contributed by atoms with van der Waals surface area (Å²) in [7, 11) is 3.50. The summed E-state index contributed by atoms with van der Waals surface area (Å²) in [6.45, 7) is 2.54. The first kappa shape index (κ1) is 18.2. The Kier molecular flexibility index (Phi) is 4.85. The van der Waals surface area contributed by atoms with Crippen molar-refractivity contribution in [2.75, 3.05) is 31.6 Å². The van der Waals surface area contributed by atoms with E-state index in [4.69, 9.17) is 0 Å². The predicted octanol–water partition coefficient (Wildman–Crippen LogP) is 1.65. The highest BCUT2D eigenvalue weighted by Gasteiger charge is 2.24. The maximum atomic E-state index is 13.0. The van der Waals surface area contributed by atoms with Crippen LogP contribution in [0.3, 0.4) is 0 Å². The van der Waals surface area contributed by atoms with Crippen LogP contribution in [0.1, 0.15) is 23.2 Å². The highest BCUT2D eigenvalue weighted by molar-refractivity contribution is 6.05. The molecule has 3 aromatic rings. The van der Waals surface area contributed by atoms with E-state index in [1.54, 1.807) is 42.9 Å². The van der Waals surface area contributed by atoms with E-state index in [0.717, 1.165) is 31.7 Å². The minimum atomic E-state index is -0.128. The zero-order chi connectivity index (χ0) is 19.7. The van der Waals surface area contributed by atoms with Gasteiger partial charge in [0, 0.05) is 57.7 Å². The van der Waals surface area contributed by atoms with Crippen LogP contribution in [0.25, 0.3) is 10.9 Å². The Morgan fingerprint density at radius 1 is 1.32 bits per heavy atom. The molecule has 28 heavy (non-hydrogen) atoms. The molecular weight excluding hydrogens is 356 g/mol. The minimum Gasteiger partial charge on any atom is -0.357 e. The highest BCUT2D eigenvalue weighted by atomic mass is 16.2. The summed E-state index contributed by atoms with van der Waals surface area (Å²) in [5.74, 6) is 1.35. The average Bonchev–Trinajstić information content (AvgIpc) is 3.21. The Balaban J connectivity index is 1.43. The van der Waals surface area contributed by atoms with Gasteiger partial charge in [-0.2, -0.15) is 0 Å². The van der Waals surface area contributed by atoms with E-state index >= 15 is 0 Å². The predicted molar refractivity (Wildman–Crippen MR) is 107 cm³/mol. The molecule has 146 valence electrons. The lowest BCUT2D eigenvalue weighted by Gasteiger charge is -2.34. The zero-order valence-electron chi connectivity index (χ0n) is 16.1. The van der Waals surface area contributed by atoms with Crippen molar-refractivity contribution in [2.45, 2.75) is 12.8 Å². The van der Waals surface area contributed by atoms with Gasteiger partial charge in [-0.15, -0.1) is 0 Å². The largest absolute Gasteiger partial charge is 0.357 e. The second kappa shape index (κ2) is 7.46. The molecule has 4 rings (SSSR count). The molecule has 1 saturated heterocycles. The van der Waals surface area contributed by atoms with Crippen molar-refractivity contribution in [3.8, 4) is 0 Å². The van der Waals surface area contributed by atoms with Crippen molar-refractivity contribution in [2.24, 2.45) is 13.0 Å². The normalized spacial score (nSPS) is 15.1. The lowest BCUT2D eigenvalue weighted by atomic mass is 9.96. The van der Waals surface area contributed by atoms with Gasteiger partial charge in [0.15, 0.2) is 0 Å². The first-order valence-electron chi connectivity index (χ1n) is 9.47. The Bertz CT molecular complexity index is 1030. The monoisotopic (exact) mass is 380 g/mol. The van der Waals surface area contributed by atoms with Gasteiger partial charge in [0.25, 0.3) is 11.5 Å². The smallest absolute Gasteiger partial charge is 0.274 e. The van der Waals surface area contributed by atoms with Gasteiger partial charge in [0.05, 0.1) is 5.56 Å². The summed E-state index contributed by atoms with van der Waals surface area (Å²) in [4.78, 5) is 40.5. The van der Waals surface area contributed by atoms with Crippen LogP contribution in [-0.2, 0) is 7.05 Å². The maximum Gasteiger partial charge on any atom is 0.274 e. The number of pyridine rings is 1. The lowest BCUT2D eigenvalue weighted by molar-refractivity contribution is 0.0766. The quantitative estimate of drug-likeness (QED) is 0.744. The van der Waals surface area contributed by atoms with Crippen molar-refractivity contribution in [3.63, 3.8) is 0 Å². The van der Waals surface area contributed by atoms with Crippen LogP contribution in [0.5, 0.6) is 0 Å². The first-order valence-corrected chi connectivity index (χ1v) is 9.47. The molecule has 0 bridgehead atoms. The molecule has 0 aliphatic carbocycles. The summed E-state index contributed by atoms with van der Waals surface area (Å²) in [6.07, 6.45) is 8.68.